The van der Waals surface area contributed by atoms with Crippen LogP contribution in [0.3, 0.4) is 0 Å². The van der Waals surface area contributed by atoms with E-state index in [0.29, 0.717) is 18.3 Å². The van der Waals surface area contributed by atoms with Gasteiger partial charge in [0.25, 0.3) is 0 Å². The van der Waals surface area contributed by atoms with E-state index >= 15 is 0 Å². The van der Waals surface area contributed by atoms with Crippen LogP contribution in [0.4, 0.5) is 11.8 Å². The van der Waals surface area contributed by atoms with Gasteiger partial charge < -0.3 is 10.6 Å². The monoisotopic (exact) mass is 284 g/mol. The molecule has 0 aliphatic carbocycles. The molecule has 0 bridgehead atoms. The molecular formula is C15H20N6. The van der Waals surface area contributed by atoms with Gasteiger partial charge in [-0.2, -0.15) is 4.98 Å². The summed E-state index contributed by atoms with van der Waals surface area (Å²) in [6.07, 6.45) is 3.67. The highest BCUT2D eigenvalue weighted by atomic mass is 15.3. The highest BCUT2D eigenvalue weighted by molar-refractivity contribution is 5.46. The van der Waals surface area contributed by atoms with Gasteiger partial charge >= 0.3 is 0 Å². The Morgan fingerprint density at radius 2 is 1.86 bits per heavy atom. The predicted octanol–water partition coefficient (Wildman–Crippen LogP) is 1.97. The number of hydrogen-bond acceptors (Lipinski definition) is 6. The Morgan fingerprint density at radius 1 is 1.10 bits per heavy atom. The Kier molecular flexibility index (Phi) is 3.04. The SMILES string of the molecule is Cc1cnc(N2Cc3cnc(C(C)(C)C)nc3C2)nc1N. The number of anilines is 2. The Balaban J connectivity index is 1.89. The van der Waals surface area contributed by atoms with Crippen molar-refractivity contribution in [2.24, 2.45) is 0 Å². The van der Waals surface area contributed by atoms with Gasteiger partial charge in [0.05, 0.1) is 12.2 Å². The molecule has 6 nitrogen and oxygen atoms in total. The summed E-state index contributed by atoms with van der Waals surface area (Å²) in [4.78, 5) is 20.0. The van der Waals surface area contributed by atoms with Gasteiger partial charge in [-0.25, -0.2) is 15.0 Å². The molecule has 0 aromatic carbocycles. The quantitative estimate of drug-likeness (QED) is 0.862. The van der Waals surface area contributed by atoms with Crippen molar-refractivity contribution in [3.63, 3.8) is 0 Å². The second-order valence-corrected chi connectivity index (χ2v) is 6.51. The maximum atomic E-state index is 5.87. The van der Waals surface area contributed by atoms with Crippen LogP contribution in [-0.2, 0) is 18.5 Å². The minimum Gasteiger partial charge on any atom is -0.383 e. The van der Waals surface area contributed by atoms with Crippen molar-refractivity contribution in [3.05, 3.63) is 35.0 Å². The molecule has 3 rings (SSSR count). The van der Waals surface area contributed by atoms with E-state index in [1.165, 1.54) is 0 Å². The summed E-state index contributed by atoms with van der Waals surface area (Å²) >= 11 is 0. The third-order valence-corrected chi connectivity index (χ3v) is 3.61. The molecule has 2 aromatic heterocycles. The van der Waals surface area contributed by atoms with Gasteiger partial charge in [-0.15, -0.1) is 0 Å². The number of nitrogens with zero attached hydrogens (tertiary/aromatic N) is 5. The zero-order valence-corrected chi connectivity index (χ0v) is 12.9. The molecule has 6 heteroatoms. The van der Waals surface area contributed by atoms with Crippen LogP contribution in [0.5, 0.6) is 0 Å². The molecule has 0 radical (unpaired) electrons. The molecule has 3 heterocycles. The fraction of sp³-hybridized carbons (Fsp3) is 0.467. The van der Waals surface area contributed by atoms with Crippen LogP contribution in [-0.4, -0.2) is 19.9 Å². The van der Waals surface area contributed by atoms with Gasteiger partial charge in [0.15, 0.2) is 0 Å². The van der Waals surface area contributed by atoms with E-state index in [9.17, 15) is 0 Å². The second-order valence-electron chi connectivity index (χ2n) is 6.51. The molecule has 0 saturated heterocycles. The Hall–Kier alpha value is -2.24. The van der Waals surface area contributed by atoms with Gasteiger partial charge in [0.1, 0.15) is 11.6 Å². The van der Waals surface area contributed by atoms with E-state index in [-0.39, 0.29) is 5.41 Å². The minimum atomic E-state index is -0.0484. The van der Waals surface area contributed by atoms with E-state index in [4.69, 9.17) is 10.7 Å². The molecule has 0 atom stereocenters. The standard InChI is InChI=1S/C15H20N6/c1-9-5-18-14(20-12(9)16)21-7-10-6-17-13(15(2,3)4)19-11(10)8-21/h5-6H,7-8H2,1-4H3,(H2,16,18,20). The lowest BCUT2D eigenvalue weighted by molar-refractivity contribution is 0.541. The molecule has 0 spiro atoms. The van der Waals surface area contributed by atoms with Gasteiger partial charge in [-0.05, 0) is 6.92 Å². The molecule has 2 N–H and O–H groups in total. The summed E-state index contributed by atoms with van der Waals surface area (Å²) in [5.41, 5.74) is 8.90. The lowest BCUT2D eigenvalue weighted by Gasteiger charge is -2.16. The summed E-state index contributed by atoms with van der Waals surface area (Å²) in [6.45, 7) is 9.67. The zero-order valence-electron chi connectivity index (χ0n) is 12.9. The van der Waals surface area contributed by atoms with Crippen LogP contribution < -0.4 is 10.6 Å². The van der Waals surface area contributed by atoms with E-state index in [0.717, 1.165) is 29.2 Å². The first kappa shape index (κ1) is 13.7. The number of rotatable bonds is 1. The average Bonchev–Trinajstić information content (AvgIpc) is 2.83. The predicted molar refractivity (Wildman–Crippen MR) is 81.8 cm³/mol. The normalized spacial score (nSPS) is 14.4. The Morgan fingerprint density at radius 3 is 2.52 bits per heavy atom. The van der Waals surface area contributed by atoms with Gasteiger partial charge in [0, 0.05) is 35.5 Å². The molecule has 2 aromatic rings. The molecule has 21 heavy (non-hydrogen) atoms. The van der Waals surface area contributed by atoms with E-state index < -0.39 is 0 Å². The first-order chi connectivity index (χ1) is 9.84. The third-order valence-electron chi connectivity index (χ3n) is 3.61. The lowest BCUT2D eigenvalue weighted by Crippen LogP contribution is -2.19. The summed E-state index contributed by atoms with van der Waals surface area (Å²) in [5.74, 6) is 2.04. The smallest absolute Gasteiger partial charge is 0.227 e. The van der Waals surface area contributed by atoms with Gasteiger partial charge in [-0.3, -0.25) is 0 Å². The maximum absolute atomic E-state index is 5.87. The highest BCUT2D eigenvalue weighted by Gasteiger charge is 2.26. The van der Waals surface area contributed by atoms with E-state index in [1.807, 2.05) is 13.1 Å². The number of hydrogen-bond donors (Lipinski definition) is 1. The Labute approximate surface area is 124 Å². The van der Waals surface area contributed by atoms with Crippen molar-refractivity contribution in [2.75, 3.05) is 10.6 Å². The van der Waals surface area contributed by atoms with Crippen molar-refractivity contribution in [1.82, 2.24) is 19.9 Å². The lowest BCUT2D eigenvalue weighted by atomic mass is 9.95. The van der Waals surface area contributed by atoms with Crippen LogP contribution in [0.2, 0.25) is 0 Å². The topological polar surface area (TPSA) is 80.8 Å². The molecule has 1 aliphatic rings. The highest BCUT2D eigenvalue weighted by Crippen LogP contribution is 2.27. The van der Waals surface area contributed by atoms with Crippen molar-refractivity contribution in [2.45, 2.75) is 46.2 Å². The number of aromatic nitrogens is 4. The van der Waals surface area contributed by atoms with Crippen LogP contribution in [0, 0.1) is 6.92 Å². The fourth-order valence-corrected chi connectivity index (χ4v) is 2.25. The van der Waals surface area contributed by atoms with E-state index in [1.54, 1.807) is 6.20 Å². The molecule has 0 unspecified atom stereocenters. The third kappa shape index (κ3) is 2.53. The molecular weight excluding hydrogens is 264 g/mol. The van der Waals surface area contributed by atoms with Crippen molar-refractivity contribution in [3.8, 4) is 0 Å². The summed E-state index contributed by atoms with van der Waals surface area (Å²) < 4.78 is 0. The molecule has 1 aliphatic heterocycles. The van der Waals surface area contributed by atoms with Gasteiger partial charge in [0.2, 0.25) is 5.95 Å². The van der Waals surface area contributed by atoms with Crippen LogP contribution >= 0.6 is 0 Å². The Bertz CT molecular complexity index is 689. The number of aryl methyl sites for hydroxylation is 1. The zero-order chi connectivity index (χ0) is 15.2. The van der Waals surface area contributed by atoms with Gasteiger partial charge in [-0.1, -0.05) is 20.8 Å². The van der Waals surface area contributed by atoms with Crippen LogP contribution in [0.1, 0.15) is 43.4 Å². The summed E-state index contributed by atoms with van der Waals surface area (Å²) in [7, 11) is 0. The second kappa shape index (κ2) is 4.65. The number of nitrogens with two attached hydrogens (primary N) is 1. The molecule has 0 fully saturated rings. The average molecular weight is 284 g/mol. The molecule has 0 saturated carbocycles. The van der Waals surface area contributed by atoms with Crippen LogP contribution in [0.25, 0.3) is 0 Å². The fourth-order valence-electron chi connectivity index (χ4n) is 2.25. The first-order valence-corrected chi connectivity index (χ1v) is 7.04. The minimum absolute atomic E-state index is 0.0484. The first-order valence-electron chi connectivity index (χ1n) is 7.04. The number of fused-ring (bicyclic) bond motifs is 1. The van der Waals surface area contributed by atoms with Crippen molar-refractivity contribution in [1.29, 1.82) is 0 Å². The van der Waals surface area contributed by atoms with E-state index in [2.05, 4.69) is 40.6 Å². The molecule has 0 amide bonds. The summed E-state index contributed by atoms with van der Waals surface area (Å²) in [5, 5.41) is 0. The van der Waals surface area contributed by atoms with Crippen LogP contribution in [0.15, 0.2) is 12.4 Å². The van der Waals surface area contributed by atoms with Crippen molar-refractivity contribution < 1.29 is 0 Å². The molecule has 110 valence electrons. The van der Waals surface area contributed by atoms with Crippen molar-refractivity contribution >= 4 is 11.8 Å². The number of nitrogen functional groups attached to an aromatic ring is 1. The largest absolute Gasteiger partial charge is 0.383 e. The maximum Gasteiger partial charge on any atom is 0.227 e. The summed E-state index contributed by atoms with van der Waals surface area (Å²) in [6, 6.07) is 0.